The Bertz CT molecular complexity index is 1110. The van der Waals surface area contributed by atoms with Crippen molar-refractivity contribution in [3.8, 4) is 0 Å². The van der Waals surface area contributed by atoms with Crippen molar-refractivity contribution in [2.24, 2.45) is 0 Å². The van der Waals surface area contributed by atoms with Gasteiger partial charge in [-0.15, -0.1) is 22.7 Å². The van der Waals surface area contributed by atoms with Gasteiger partial charge in [-0.05, 0) is 54.7 Å². The summed E-state index contributed by atoms with van der Waals surface area (Å²) in [7, 11) is 0. The van der Waals surface area contributed by atoms with E-state index in [1.165, 1.54) is 33.3 Å². The normalized spacial score (nSPS) is 11.6. The first-order valence-corrected chi connectivity index (χ1v) is 11.5. The minimum atomic E-state index is -0.833. The average molecular weight is 616 g/mol. The first kappa shape index (κ1) is 27.3. The van der Waals surface area contributed by atoms with Crippen LogP contribution in [0.3, 0.4) is 0 Å². The second kappa shape index (κ2) is 13.7. The topological polar surface area (TPSA) is 100 Å². The van der Waals surface area contributed by atoms with Crippen molar-refractivity contribution < 1.29 is 40.2 Å². The molecule has 1 saturated carbocycles. The molecule has 2 aromatic heterocycles. The Kier molecular flexibility index (Phi) is 12.0. The number of nitrogens with zero attached hydrogens (tertiary/aromatic N) is 2. The second-order valence-electron chi connectivity index (χ2n) is 6.36. The van der Waals surface area contributed by atoms with E-state index in [4.69, 9.17) is 19.8 Å². The number of halogens is 1. The van der Waals surface area contributed by atoms with Crippen LogP contribution in [0.25, 0.3) is 20.4 Å². The maximum Gasteiger partial charge on any atom is 0.300 e. The van der Waals surface area contributed by atoms with E-state index in [-0.39, 0.29) is 20.4 Å². The van der Waals surface area contributed by atoms with Gasteiger partial charge in [0.1, 0.15) is 0 Å². The van der Waals surface area contributed by atoms with E-state index in [2.05, 4.69) is 50.2 Å². The fraction of sp³-hybridized carbons (Fsp3) is 0.238. The van der Waals surface area contributed by atoms with Gasteiger partial charge < -0.3 is 10.2 Å². The molecule has 10 heteroatoms. The Labute approximate surface area is 210 Å². The fourth-order valence-electron chi connectivity index (χ4n) is 2.38. The van der Waals surface area contributed by atoms with Crippen LogP contribution in [0.1, 0.15) is 38.2 Å². The van der Waals surface area contributed by atoms with Crippen LogP contribution in [-0.2, 0) is 30.0 Å². The molecule has 0 radical (unpaired) electrons. The Morgan fingerprint density at radius 3 is 1.84 bits per heavy atom. The first-order valence-electron chi connectivity index (χ1n) is 8.97. The van der Waals surface area contributed by atoms with E-state index < -0.39 is 11.9 Å². The van der Waals surface area contributed by atoms with E-state index in [9.17, 15) is 0 Å². The summed E-state index contributed by atoms with van der Waals surface area (Å²) >= 11 is 6.76. The third-order valence-corrected chi connectivity index (χ3v) is 5.81. The van der Waals surface area contributed by atoms with Gasteiger partial charge in [-0.3, -0.25) is 9.59 Å². The van der Waals surface area contributed by atoms with Gasteiger partial charge in [0, 0.05) is 38.7 Å². The third-order valence-electron chi connectivity index (χ3n) is 3.70. The van der Waals surface area contributed by atoms with Gasteiger partial charge in [0.15, 0.2) is 0 Å². The summed E-state index contributed by atoms with van der Waals surface area (Å²) in [6.07, 6.45) is 2.74. The van der Waals surface area contributed by atoms with E-state index in [1.54, 1.807) is 22.7 Å². The van der Waals surface area contributed by atoms with Crippen LogP contribution >= 0.6 is 38.6 Å². The number of thiazole rings is 2. The molecule has 1 fully saturated rings. The third kappa shape index (κ3) is 10.4. The number of carboxylic acid groups (broad SMARTS) is 2. The summed E-state index contributed by atoms with van der Waals surface area (Å²) in [5.41, 5.74) is 7.50. The Balaban J connectivity index is 0.000000230. The minimum absolute atomic E-state index is 0. The largest absolute Gasteiger partial charge is 0.481 e. The zero-order valence-electron chi connectivity index (χ0n) is 16.7. The molecule has 5 rings (SSSR count). The van der Waals surface area contributed by atoms with Crippen molar-refractivity contribution in [1.82, 2.24) is 9.97 Å². The minimum Gasteiger partial charge on any atom is -0.481 e. The number of benzene rings is 2. The van der Waals surface area contributed by atoms with Gasteiger partial charge in [-0.1, -0.05) is 22.0 Å². The van der Waals surface area contributed by atoms with E-state index >= 15 is 0 Å². The summed E-state index contributed by atoms with van der Waals surface area (Å²) in [5.74, 6) is -0.823. The van der Waals surface area contributed by atoms with Crippen molar-refractivity contribution in [3.05, 3.63) is 57.5 Å². The van der Waals surface area contributed by atoms with Crippen LogP contribution in [0.5, 0.6) is 0 Å². The number of carbonyl (C=O) groups is 2. The molecule has 2 aromatic carbocycles. The fourth-order valence-corrected chi connectivity index (χ4v) is 4.04. The maximum atomic E-state index is 9.00. The number of aromatic nitrogens is 2. The molecule has 0 amide bonds. The Morgan fingerprint density at radius 1 is 0.903 bits per heavy atom. The van der Waals surface area contributed by atoms with Crippen LogP contribution in [0.2, 0.25) is 0 Å². The van der Waals surface area contributed by atoms with Crippen molar-refractivity contribution in [2.75, 3.05) is 0 Å². The van der Waals surface area contributed by atoms with Gasteiger partial charge >= 0.3 is 0 Å². The van der Waals surface area contributed by atoms with Gasteiger partial charge in [0.05, 0.1) is 31.5 Å². The maximum absolute atomic E-state index is 9.00. The molecule has 2 heterocycles. The SMILES string of the molecule is Brc1ccc2scnc2c1.CC(=O)O.CC(=O)O.[Pd].c1nc2cc(C3CC3)ccc2s1. The molecule has 31 heavy (non-hydrogen) atoms. The van der Waals surface area contributed by atoms with E-state index in [0.29, 0.717) is 0 Å². The molecule has 1 aliphatic carbocycles. The second-order valence-corrected chi connectivity index (χ2v) is 9.04. The van der Waals surface area contributed by atoms with Crippen molar-refractivity contribution in [2.45, 2.75) is 32.6 Å². The molecule has 168 valence electrons. The van der Waals surface area contributed by atoms with Crippen LogP contribution < -0.4 is 0 Å². The van der Waals surface area contributed by atoms with Gasteiger partial charge in [-0.2, -0.15) is 0 Å². The molecule has 2 N–H and O–H groups in total. The molecule has 0 unspecified atom stereocenters. The van der Waals surface area contributed by atoms with Gasteiger partial charge in [-0.25, -0.2) is 9.97 Å². The van der Waals surface area contributed by atoms with E-state index in [1.807, 2.05) is 23.2 Å². The van der Waals surface area contributed by atoms with Crippen LogP contribution in [0.15, 0.2) is 51.9 Å². The number of rotatable bonds is 1. The van der Waals surface area contributed by atoms with Crippen molar-refractivity contribution in [1.29, 1.82) is 0 Å². The zero-order valence-corrected chi connectivity index (χ0v) is 21.5. The zero-order chi connectivity index (χ0) is 22.1. The predicted octanol–water partition coefficient (Wildman–Crippen LogP) is 6.41. The summed E-state index contributed by atoms with van der Waals surface area (Å²) < 4.78 is 3.63. The summed E-state index contributed by atoms with van der Waals surface area (Å²) in [6.45, 7) is 2.17. The van der Waals surface area contributed by atoms with Crippen molar-refractivity contribution >= 4 is 71.0 Å². The predicted molar refractivity (Wildman–Crippen MR) is 126 cm³/mol. The molecule has 0 bridgehead atoms. The van der Waals surface area contributed by atoms with Crippen LogP contribution in [0, 0.1) is 0 Å². The van der Waals surface area contributed by atoms with Crippen LogP contribution in [-0.4, -0.2) is 32.1 Å². The monoisotopic (exact) mass is 614 g/mol. The number of hydrogen-bond acceptors (Lipinski definition) is 6. The summed E-state index contributed by atoms with van der Waals surface area (Å²) in [5, 5.41) is 14.8. The average Bonchev–Trinajstić information content (AvgIpc) is 3.22. The molecule has 0 spiro atoms. The van der Waals surface area contributed by atoms with Gasteiger partial charge in [0.25, 0.3) is 11.9 Å². The first-order chi connectivity index (χ1) is 14.3. The Hall–Kier alpha value is -1.70. The quantitative estimate of drug-likeness (QED) is 0.240. The molecule has 0 saturated heterocycles. The number of aliphatic carboxylic acids is 2. The number of fused-ring (bicyclic) bond motifs is 2. The van der Waals surface area contributed by atoms with Crippen molar-refractivity contribution in [3.63, 3.8) is 0 Å². The summed E-state index contributed by atoms with van der Waals surface area (Å²) in [6, 6.07) is 12.8. The molecule has 4 aromatic rings. The standard InChI is InChI=1S/C10H9NS.C7H4BrNS.2C2H4O2.Pd/c1-2-7(1)8-3-4-10-9(5-8)11-6-12-10;8-5-1-2-7-6(3-5)9-4-10-7;2*1-2(3)4;/h3-7H,1-2H2;1-4H;2*1H3,(H,3,4);. The van der Waals surface area contributed by atoms with Crippen LogP contribution in [0.4, 0.5) is 0 Å². The molecule has 6 nitrogen and oxygen atoms in total. The number of hydrogen-bond donors (Lipinski definition) is 2. The molecule has 0 aliphatic heterocycles. The molecular formula is C21H21BrN2O4PdS2. The molecular weight excluding hydrogens is 595 g/mol. The van der Waals surface area contributed by atoms with E-state index in [0.717, 1.165) is 29.8 Å². The molecule has 1 aliphatic rings. The Morgan fingerprint density at radius 2 is 1.35 bits per heavy atom. The molecule has 0 atom stereocenters. The van der Waals surface area contributed by atoms with Gasteiger partial charge in [0.2, 0.25) is 0 Å². The number of carboxylic acids is 2. The smallest absolute Gasteiger partial charge is 0.300 e. The summed E-state index contributed by atoms with van der Waals surface area (Å²) in [4.78, 5) is 26.5.